The van der Waals surface area contributed by atoms with Gasteiger partial charge in [-0.3, -0.25) is 4.79 Å². The highest BCUT2D eigenvalue weighted by Gasteiger charge is 2.54. The van der Waals surface area contributed by atoms with Crippen molar-refractivity contribution in [3.8, 4) is 5.75 Å². The third kappa shape index (κ3) is 4.51. The molecule has 1 unspecified atom stereocenters. The van der Waals surface area contributed by atoms with Crippen LogP contribution in [0.4, 0.5) is 0 Å². The van der Waals surface area contributed by atoms with Gasteiger partial charge in [0.05, 0.1) is 0 Å². The number of carbonyl (C=O) groups excluding carboxylic acids is 1. The molecule has 1 aromatic heterocycles. The molecule has 184 valence electrons. The highest BCUT2D eigenvalue weighted by atomic mass is 35.5. The Morgan fingerprint density at radius 3 is 2.38 bits per heavy atom. The van der Waals surface area contributed by atoms with Crippen molar-refractivity contribution in [3.05, 3.63) is 51.9 Å². The predicted octanol–water partition coefficient (Wildman–Crippen LogP) is 7.67. The fourth-order valence-corrected chi connectivity index (χ4v) is 7.67. The average molecular weight is 484 g/mol. The van der Waals surface area contributed by atoms with Crippen molar-refractivity contribution in [3.63, 3.8) is 0 Å². The van der Waals surface area contributed by atoms with E-state index in [1.54, 1.807) is 6.07 Å². The van der Waals surface area contributed by atoms with Crippen molar-refractivity contribution in [2.24, 2.45) is 23.2 Å². The summed E-state index contributed by atoms with van der Waals surface area (Å²) < 4.78 is 12.0. The van der Waals surface area contributed by atoms with Crippen LogP contribution < -0.4 is 10.1 Å². The maximum Gasteiger partial charge on any atom is 0.287 e. The Morgan fingerprint density at radius 2 is 1.79 bits per heavy atom. The fourth-order valence-electron chi connectivity index (χ4n) is 7.49. The summed E-state index contributed by atoms with van der Waals surface area (Å²) in [5.41, 5.74) is 2.34. The maximum atomic E-state index is 13.2. The number of nitrogens with one attached hydrogen (secondary N) is 1. The van der Waals surface area contributed by atoms with Gasteiger partial charge in [-0.15, -0.1) is 0 Å². The third-order valence-corrected chi connectivity index (χ3v) is 9.11. The predicted molar refractivity (Wildman–Crippen MR) is 135 cm³/mol. The zero-order valence-corrected chi connectivity index (χ0v) is 21.7. The summed E-state index contributed by atoms with van der Waals surface area (Å²) in [6.07, 6.45) is 9.07. The van der Waals surface area contributed by atoms with E-state index in [-0.39, 0.29) is 24.0 Å². The monoisotopic (exact) mass is 483 g/mol. The summed E-state index contributed by atoms with van der Waals surface area (Å²) in [6, 6.07) is 7.80. The Balaban J connectivity index is 1.24. The van der Waals surface area contributed by atoms with Crippen LogP contribution in [-0.2, 0) is 6.61 Å². The Bertz CT molecular complexity index is 1020. The molecule has 4 bridgehead atoms. The minimum atomic E-state index is -0.0981. The molecule has 0 saturated heterocycles. The lowest BCUT2D eigenvalue weighted by Gasteiger charge is -2.59. The second kappa shape index (κ2) is 9.26. The Hall–Kier alpha value is -1.94. The topological polar surface area (TPSA) is 51.5 Å². The fraction of sp³-hybridized carbons (Fsp3) is 0.621. The highest BCUT2D eigenvalue weighted by molar-refractivity contribution is 6.31. The quantitative estimate of drug-likeness (QED) is 0.419. The van der Waals surface area contributed by atoms with Gasteiger partial charge in [0, 0.05) is 11.1 Å². The summed E-state index contributed by atoms with van der Waals surface area (Å²) in [5.74, 6) is 4.65. The summed E-state index contributed by atoms with van der Waals surface area (Å²) in [6.45, 7) is 8.71. The number of aryl methyl sites for hydroxylation is 1. The normalized spacial score (nSPS) is 28.4. The van der Waals surface area contributed by atoms with Crippen LogP contribution in [0.25, 0.3) is 0 Å². The van der Waals surface area contributed by atoms with Gasteiger partial charge in [-0.2, -0.15) is 0 Å². The van der Waals surface area contributed by atoms with Gasteiger partial charge in [0.2, 0.25) is 0 Å². The highest BCUT2D eigenvalue weighted by Crippen LogP contribution is 2.61. The standard InChI is InChI=1S/C29H38ClNO3/c1-5-27(29-13-19-9-20(14-29)11-21(10-19)15-29)31-28(32)25-7-6-22(34-25)16-33-26-8-18(4)24(30)12-23(26)17(2)3/h6-8,12,17,19-21,27H,5,9-11,13-16H2,1-4H3,(H,31,32). The van der Waals surface area contributed by atoms with Crippen molar-refractivity contribution in [2.75, 3.05) is 0 Å². The molecule has 0 aliphatic heterocycles. The average Bonchev–Trinajstić information content (AvgIpc) is 3.26. The minimum absolute atomic E-state index is 0.0981. The smallest absolute Gasteiger partial charge is 0.287 e. The summed E-state index contributed by atoms with van der Waals surface area (Å²) >= 11 is 6.32. The first-order valence-electron chi connectivity index (χ1n) is 13.1. The van der Waals surface area contributed by atoms with Gasteiger partial charge in [-0.25, -0.2) is 0 Å². The number of furan rings is 1. The first kappa shape index (κ1) is 23.8. The maximum absolute atomic E-state index is 13.2. The summed E-state index contributed by atoms with van der Waals surface area (Å²) in [7, 11) is 0. The molecule has 4 fully saturated rings. The van der Waals surface area contributed by atoms with E-state index in [2.05, 4.69) is 26.1 Å². The number of ether oxygens (including phenoxy) is 1. The van der Waals surface area contributed by atoms with Crippen LogP contribution in [0.15, 0.2) is 28.7 Å². The Labute approximate surface area is 208 Å². The van der Waals surface area contributed by atoms with Crippen molar-refractivity contribution in [2.45, 2.75) is 91.2 Å². The molecule has 4 saturated carbocycles. The molecule has 2 aromatic rings. The molecule has 34 heavy (non-hydrogen) atoms. The van der Waals surface area contributed by atoms with Gasteiger partial charge in [0.15, 0.2) is 5.76 Å². The van der Waals surface area contributed by atoms with Gasteiger partial charge in [0.1, 0.15) is 18.1 Å². The van der Waals surface area contributed by atoms with Crippen LogP contribution in [0.5, 0.6) is 5.75 Å². The van der Waals surface area contributed by atoms with Crippen LogP contribution in [0.3, 0.4) is 0 Å². The number of carbonyl (C=O) groups is 1. The van der Waals surface area contributed by atoms with Crippen LogP contribution >= 0.6 is 11.6 Å². The molecule has 5 heteroatoms. The van der Waals surface area contributed by atoms with Crippen molar-refractivity contribution in [1.29, 1.82) is 0 Å². The molecular weight excluding hydrogens is 446 g/mol. The minimum Gasteiger partial charge on any atom is -0.485 e. The molecule has 1 aromatic carbocycles. The molecule has 1 N–H and O–H groups in total. The van der Waals surface area contributed by atoms with E-state index in [9.17, 15) is 4.79 Å². The lowest BCUT2D eigenvalue weighted by Crippen LogP contribution is -2.56. The molecule has 4 nitrogen and oxygen atoms in total. The third-order valence-electron chi connectivity index (χ3n) is 8.71. The van der Waals surface area contributed by atoms with Gasteiger partial charge in [-0.05, 0) is 116 Å². The van der Waals surface area contributed by atoms with Gasteiger partial charge < -0.3 is 14.5 Å². The molecule has 0 spiro atoms. The first-order valence-corrected chi connectivity index (χ1v) is 13.5. The molecular formula is C29H38ClNO3. The van der Waals surface area contributed by atoms with E-state index in [1.165, 1.54) is 38.5 Å². The number of hydrogen-bond acceptors (Lipinski definition) is 3. The van der Waals surface area contributed by atoms with E-state index in [4.69, 9.17) is 20.8 Å². The number of rotatable bonds is 8. The number of benzene rings is 1. The number of hydrogen-bond donors (Lipinski definition) is 1. The van der Waals surface area contributed by atoms with Crippen LogP contribution in [0.1, 0.15) is 99.1 Å². The Morgan fingerprint density at radius 1 is 1.15 bits per heavy atom. The van der Waals surface area contributed by atoms with Gasteiger partial charge in [-0.1, -0.05) is 32.4 Å². The molecule has 0 radical (unpaired) electrons. The van der Waals surface area contributed by atoms with E-state index in [0.717, 1.165) is 46.1 Å². The SMILES string of the molecule is CCC(NC(=O)c1ccc(COc2cc(C)c(Cl)cc2C(C)C)o1)C12CC3CC(CC(C3)C1)C2. The van der Waals surface area contributed by atoms with E-state index in [0.29, 0.717) is 17.4 Å². The zero-order chi connectivity index (χ0) is 24.0. The Kier molecular flexibility index (Phi) is 6.48. The van der Waals surface area contributed by atoms with Crippen molar-refractivity contribution < 1.29 is 13.9 Å². The first-order chi connectivity index (χ1) is 16.3. The lowest BCUT2D eigenvalue weighted by molar-refractivity contribution is -0.0728. The van der Waals surface area contributed by atoms with E-state index in [1.807, 2.05) is 25.1 Å². The van der Waals surface area contributed by atoms with E-state index < -0.39 is 0 Å². The van der Waals surface area contributed by atoms with Crippen molar-refractivity contribution >= 4 is 17.5 Å². The molecule has 6 rings (SSSR count). The van der Waals surface area contributed by atoms with Crippen LogP contribution in [0.2, 0.25) is 5.02 Å². The zero-order valence-electron chi connectivity index (χ0n) is 21.0. The molecule has 1 atom stereocenters. The van der Waals surface area contributed by atoms with Crippen LogP contribution in [0, 0.1) is 30.1 Å². The molecule has 4 aliphatic carbocycles. The molecule has 1 heterocycles. The van der Waals surface area contributed by atoms with Crippen LogP contribution in [-0.4, -0.2) is 11.9 Å². The lowest BCUT2D eigenvalue weighted by atomic mass is 9.47. The summed E-state index contributed by atoms with van der Waals surface area (Å²) in [5, 5.41) is 4.12. The van der Waals surface area contributed by atoms with Crippen molar-refractivity contribution in [1.82, 2.24) is 5.32 Å². The van der Waals surface area contributed by atoms with E-state index >= 15 is 0 Å². The van der Waals surface area contributed by atoms with Gasteiger partial charge in [0.25, 0.3) is 5.91 Å². The van der Waals surface area contributed by atoms with Gasteiger partial charge >= 0.3 is 0 Å². The number of halogens is 1. The largest absolute Gasteiger partial charge is 0.485 e. The second-order valence-corrected chi connectivity index (χ2v) is 12.0. The number of amides is 1. The molecule has 1 amide bonds. The molecule has 4 aliphatic rings. The second-order valence-electron chi connectivity index (χ2n) is 11.6. The summed E-state index contributed by atoms with van der Waals surface area (Å²) in [4.78, 5) is 13.2.